The molecular weight excluding hydrogens is 791 g/mol. The van der Waals surface area contributed by atoms with Gasteiger partial charge in [-0.3, -0.25) is 0 Å². The Bertz CT molecular complexity index is 3470. The van der Waals surface area contributed by atoms with Gasteiger partial charge in [0.1, 0.15) is 0 Å². The van der Waals surface area contributed by atoms with E-state index in [0.717, 1.165) is 33.9 Å². The van der Waals surface area contributed by atoms with Crippen molar-refractivity contribution in [2.75, 3.05) is 4.90 Å². The van der Waals surface area contributed by atoms with Gasteiger partial charge in [-0.25, -0.2) is 0 Å². The van der Waals surface area contributed by atoms with Crippen molar-refractivity contribution in [2.45, 2.75) is 10.8 Å². The summed E-state index contributed by atoms with van der Waals surface area (Å²) in [5, 5.41) is 0. The van der Waals surface area contributed by atoms with Crippen LogP contribution >= 0.6 is 0 Å². The molecule has 10 aromatic rings. The van der Waals surface area contributed by atoms with Gasteiger partial charge in [-0.2, -0.15) is 0 Å². The molecule has 1 spiro atoms. The van der Waals surface area contributed by atoms with E-state index in [2.05, 4.69) is 235 Å². The van der Waals surface area contributed by atoms with Crippen LogP contribution in [0.4, 0.5) is 17.1 Å². The van der Waals surface area contributed by atoms with E-state index in [1.165, 1.54) is 66.8 Å². The van der Waals surface area contributed by atoms with Crippen molar-refractivity contribution >= 4 is 17.1 Å². The molecule has 0 radical (unpaired) electrons. The summed E-state index contributed by atoms with van der Waals surface area (Å²) >= 11 is 0. The maximum atomic E-state index is 7.44. The zero-order chi connectivity index (χ0) is 42.7. The second-order valence-corrected chi connectivity index (χ2v) is 17.4. The fourth-order valence-electron chi connectivity index (χ4n) is 12.0. The van der Waals surface area contributed by atoms with Gasteiger partial charge in [0, 0.05) is 16.9 Å². The van der Waals surface area contributed by atoms with Crippen LogP contribution in [0.3, 0.4) is 0 Å². The monoisotopic (exact) mass is 829 g/mol. The van der Waals surface area contributed by atoms with Crippen LogP contribution in [-0.4, -0.2) is 0 Å². The van der Waals surface area contributed by atoms with Crippen LogP contribution in [0.25, 0.3) is 33.4 Å². The molecule has 0 saturated carbocycles. The lowest BCUT2D eigenvalue weighted by atomic mass is 9.68. The van der Waals surface area contributed by atoms with Gasteiger partial charge in [0.2, 0.25) is 0 Å². The summed E-state index contributed by atoms with van der Waals surface area (Å²) in [4.78, 5) is 2.32. The maximum absolute atomic E-state index is 7.44. The van der Waals surface area contributed by atoms with Crippen molar-refractivity contribution in [3.63, 3.8) is 0 Å². The van der Waals surface area contributed by atoms with E-state index in [4.69, 9.17) is 9.47 Å². The highest BCUT2D eigenvalue weighted by atomic mass is 16.6. The van der Waals surface area contributed by atoms with Crippen LogP contribution < -0.4 is 14.4 Å². The second-order valence-electron chi connectivity index (χ2n) is 17.4. The lowest BCUT2D eigenvalue weighted by Crippen LogP contribution is -2.28. The number of fused-ring (bicyclic) bond motifs is 16. The van der Waals surface area contributed by atoms with Crippen LogP contribution in [0.5, 0.6) is 23.0 Å². The minimum absolute atomic E-state index is 0.495. The largest absolute Gasteiger partial charge is 0.449 e. The molecule has 1 aliphatic heterocycles. The van der Waals surface area contributed by atoms with E-state index >= 15 is 0 Å². The molecule has 10 aromatic carbocycles. The van der Waals surface area contributed by atoms with Gasteiger partial charge >= 0.3 is 0 Å². The standard InChI is InChI=1S/C62H39NO2/c1-4-19-40(20-5-1)61(41-21-6-2-7-22-41)49-29-14-12-27-46(49)48-39-43(35-36-53(48)61)63(42-23-8-3-9-24-42)55-33-18-34-56-59(55)65-60-57(64-56)38-37-54-58(60)47-28-13-17-32-52(47)62(54)50-30-15-10-25-44(50)45-26-11-16-31-51(45)62/h1-39H. The number of rotatable bonds is 5. The van der Waals surface area contributed by atoms with Gasteiger partial charge in [-0.1, -0.05) is 194 Å². The smallest absolute Gasteiger partial charge is 0.194 e. The zero-order valence-corrected chi connectivity index (χ0v) is 35.3. The topological polar surface area (TPSA) is 21.7 Å². The molecule has 3 aliphatic carbocycles. The average molecular weight is 830 g/mol. The lowest BCUT2D eigenvalue weighted by molar-refractivity contribution is 0.361. The fourth-order valence-corrected chi connectivity index (χ4v) is 12.0. The Labute approximate surface area is 378 Å². The van der Waals surface area contributed by atoms with E-state index in [0.29, 0.717) is 17.2 Å². The summed E-state index contributed by atoms with van der Waals surface area (Å²) in [6.45, 7) is 0. The molecule has 3 nitrogen and oxygen atoms in total. The third-order valence-electron chi connectivity index (χ3n) is 14.4. The van der Waals surface area contributed by atoms with Gasteiger partial charge < -0.3 is 14.4 Å². The van der Waals surface area contributed by atoms with Crippen molar-refractivity contribution in [2.24, 2.45) is 0 Å². The Morgan fingerprint density at radius 1 is 0.292 bits per heavy atom. The molecule has 0 unspecified atom stereocenters. The van der Waals surface area contributed by atoms with E-state index in [1.54, 1.807) is 0 Å². The molecule has 1 heterocycles. The highest BCUT2D eigenvalue weighted by Crippen LogP contribution is 2.67. The Morgan fingerprint density at radius 3 is 1.40 bits per heavy atom. The Balaban J connectivity index is 0.969. The summed E-state index contributed by atoms with van der Waals surface area (Å²) < 4.78 is 14.4. The molecular formula is C62H39NO2. The van der Waals surface area contributed by atoms with Gasteiger partial charge in [-0.05, 0) is 115 Å². The first-order chi connectivity index (χ1) is 32.3. The number of anilines is 3. The van der Waals surface area contributed by atoms with Crippen LogP contribution in [0.2, 0.25) is 0 Å². The highest BCUT2D eigenvalue weighted by molar-refractivity contribution is 5.98. The number of nitrogens with zero attached hydrogens (tertiary/aromatic N) is 1. The molecule has 0 aromatic heterocycles. The lowest BCUT2D eigenvalue weighted by Gasteiger charge is -2.34. The zero-order valence-electron chi connectivity index (χ0n) is 35.3. The summed E-state index contributed by atoms with van der Waals surface area (Å²) in [6, 6.07) is 85.8. The summed E-state index contributed by atoms with van der Waals surface area (Å²) in [7, 11) is 0. The first-order valence-corrected chi connectivity index (χ1v) is 22.4. The van der Waals surface area contributed by atoms with Gasteiger partial charge in [0.15, 0.2) is 23.0 Å². The molecule has 0 N–H and O–H groups in total. The van der Waals surface area contributed by atoms with Crippen LogP contribution in [0.1, 0.15) is 44.5 Å². The van der Waals surface area contributed by atoms with Crippen LogP contribution in [0, 0.1) is 0 Å². The van der Waals surface area contributed by atoms with Gasteiger partial charge in [0.05, 0.1) is 16.5 Å². The molecule has 14 rings (SSSR count). The molecule has 0 atom stereocenters. The molecule has 3 heteroatoms. The van der Waals surface area contributed by atoms with E-state index in [1.807, 2.05) is 6.07 Å². The number of hydrogen-bond acceptors (Lipinski definition) is 3. The van der Waals surface area contributed by atoms with Gasteiger partial charge in [0.25, 0.3) is 0 Å². The fraction of sp³-hybridized carbons (Fsp3) is 0.0323. The number of benzene rings is 10. The molecule has 4 aliphatic rings. The molecule has 0 saturated heterocycles. The first kappa shape index (κ1) is 36.1. The third-order valence-corrected chi connectivity index (χ3v) is 14.4. The predicted molar refractivity (Wildman–Crippen MR) is 261 cm³/mol. The molecule has 0 fully saturated rings. The number of ether oxygens (including phenoxy) is 2. The summed E-state index contributed by atoms with van der Waals surface area (Å²) in [5.74, 6) is 2.79. The molecule has 304 valence electrons. The van der Waals surface area contributed by atoms with Crippen molar-refractivity contribution in [3.05, 3.63) is 281 Å². The predicted octanol–water partition coefficient (Wildman–Crippen LogP) is 15.8. The third kappa shape index (κ3) is 4.74. The highest BCUT2D eigenvalue weighted by Gasteiger charge is 2.53. The Morgan fingerprint density at radius 2 is 0.769 bits per heavy atom. The van der Waals surface area contributed by atoms with Crippen molar-refractivity contribution < 1.29 is 9.47 Å². The van der Waals surface area contributed by atoms with E-state index in [9.17, 15) is 0 Å². The molecule has 0 amide bonds. The Hall–Kier alpha value is -8.40. The van der Waals surface area contributed by atoms with E-state index in [-0.39, 0.29) is 0 Å². The SMILES string of the molecule is c1ccc(N(c2ccc3c(c2)-c2ccccc2C3(c2ccccc2)c2ccccc2)c2cccc3c2Oc2c(ccc4c2-c2ccccc2C42c4ccccc4-c4ccccc42)O3)cc1. The van der Waals surface area contributed by atoms with E-state index < -0.39 is 10.8 Å². The normalized spacial score (nSPS) is 14.3. The summed E-state index contributed by atoms with van der Waals surface area (Å²) in [6.07, 6.45) is 0. The second kappa shape index (κ2) is 13.6. The van der Waals surface area contributed by atoms with Crippen molar-refractivity contribution in [3.8, 4) is 56.4 Å². The van der Waals surface area contributed by atoms with Gasteiger partial charge in [-0.15, -0.1) is 0 Å². The van der Waals surface area contributed by atoms with Crippen LogP contribution in [-0.2, 0) is 10.8 Å². The summed E-state index contributed by atoms with van der Waals surface area (Å²) in [5.41, 5.74) is 19.2. The molecule has 0 bridgehead atoms. The Kier molecular flexibility index (Phi) is 7.53. The first-order valence-electron chi connectivity index (χ1n) is 22.4. The minimum Gasteiger partial charge on any atom is -0.449 e. The van der Waals surface area contributed by atoms with Crippen LogP contribution in [0.15, 0.2) is 237 Å². The number of para-hydroxylation sites is 2. The maximum Gasteiger partial charge on any atom is 0.194 e. The van der Waals surface area contributed by atoms with Crippen molar-refractivity contribution in [1.82, 2.24) is 0 Å². The quantitative estimate of drug-likeness (QED) is 0.172. The molecule has 65 heavy (non-hydrogen) atoms. The van der Waals surface area contributed by atoms with Crippen molar-refractivity contribution in [1.29, 1.82) is 0 Å². The average Bonchev–Trinajstić information content (AvgIpc) is 3.97. The minimum atomic E-state index is -0.497. The number of hydrogen-bond donors (Lipinski definition) is 0.